The van der Waals surface area contributed by atoms with Gasteiger partial charge in [-0.15, -0.1) is 0 Å². The third-order valence-electron chi connectivity index (χ3n) is 7.57. The van der Waals surface area contributed by atoms with E-state index in [1.54, 1.807) is 35.5 Å². The molecule has 0 N–H and O–H groups in total. The Hall–Kier alpha value is -3.54. The molecule has 0 amide bonds. The van der Waals surface area contributed by atoms with Crippen molar-refractivity contribution in [3.8, 4) is 11.5 Å². The second kappa shape index (κ2) is 17.7. The molecule has 0 bridgehead atoms. The predicted octanol–water partition coefficient (Wildman–Crippen LogP) is 5.95. The predicted molar refractivity (Wildman–Crippen MR) is 169 cm³/mol. The van der Waals surface area contributed by atoms with Gasteiger partial charge in [0.25, 0.3) is 0 Å². The van der Waals surface area contributed by atoms with Crippen molar-refractivity contribution in [2.24, 2.45) is 0 Å². The number of methoxy groups -OCH3 is 2. The maximum Gasteiger partial charge on any atom is 0.500 e. The summed E-state index contributed by atoms with van der Waals surface area (Å²) in [6.07, 6.45) is 1.94. The van der Waals surface area contributed by atoms with Gasteiger partial charge in [0.05, 0.1) is 27.2 Å². The molecule has 9 nitrogen and oxygen atoms in total. The van der Waals surface area contributed by atoms with Gasteiger partial charge >= 0.3 is 14.8 Å². The van der Waals surface area contributed by atoms with E-state index >= 15 is 0 Å². The molecule has 0 heterocycles. The summed E-state index contributed by atoms with van der Waals surface area (Å²) in [4.78, 5) is 24.9. The highest BCUT2D eigenvalue weighted by atomic mass is 28.4. The highest BCUT2D eigenvalue weighted by Gasteiger charge is 2.38. The maximum absolute atomic E-state index is 12.5. The fourth-order valence-electron chi connectivity index (χ4n) is 5.08. The van der Waals surface area contributed by atoms with Gasteiger partial charge in [0.15, 0.2) is 0 Å². The molecule has 10 heteroatoms. The minimum Gasteiger partial charge on any atom is -0.497 e. The molecule has 0 spiro atoms. The molecule has 0 aliphatic carbocycles. The fourth-order valence-corrected chi connectivity index (χ4v) is 6.88. The molecule has 0 atom stereocenters. The number of benzene rings is 3. The van der Waals surface area contributed by atoms with Crippen LogP contribution in [-0.4, -0.2) is 69.3 Å². The largest absolute Gasteiger partial charge is 0.500 e. The van der Waals surface area contributed by atoms with Gasteiger partial charge in [0.2, 0.25) is 0 Å². The number of carbonyl (C=O) groups excluding carboxylic acids is 2. The molecule has 3 aromatic carbocycles. The van der Waals surface area contributed by atoms with Crippen molar-refractivity contribution >= 4 is 20.6 Å². The van der Waals surface area contributed by atoms with E-state index < -0.39 is 20.4 Å². The van der Waals surface area contributed by atoms with Crippen molar-refractivity contribution in [2.75, 3.05) is 48.8 Å². The number of carbonyl (C=O) groups is 2. The molecule has 3 aromatic rings. The molecule has 0 radical (unpaired) electrons. The van der Waals surface area contributed by atoms with Gasteiger partial charge in [-0.3, -0.25) is 9.59 Å². The lowest BCUT2D eigenvalue weighted by Crippen LogP contribution is -2.42. The third-order valence-corrected chi connectivity index (χ3v) is 10.4. The van der Waals surface area contributed by atoms with Crippen LogP contribution in [0.4, 0.5) is 0 Å². The molecule has 44 heavy (non-hydrogen) atoms. The lowest BCUT2D eigenvalue weighted by molar-refractivity contribution is -0.147. The molecule has 0 aliphatic heterocycles. The number of unbranched alkanes of at least 4 members (excludes halogenated alkanes) is 1. The molecule has 0 saturated heterocycles. The third kappa shape index (κ3) is 9.23. The summed E-state index contributed by atoms with van der Waals surface area (Å²) >= 11 is 0. The smallest absolute Gasteiger partial charge is 0.497 e. The van der Waals surface area contributed by atoms with Crippen molar-refractivity contribution in [2.45, 2.75) is 43.7 Å². The number of hydrogen-bond donors (Lipinski definition) is 0. The summed E-state index contributed by atoms with van der Waals surface area (Å²) < 4.78 is 39.2. The Labute approximate surface area is 261 Å². The second-order valence-corrected chi connectivity index (χ2v) is 13.2. The summed E-state index contributed by atoms with van der Waals surface area (Å²) in [6, 6.07) is 26.0. The summed E-state index contributed by atoms with van der Waals surface area (Å²) in [6.45, 7) is 0.155. The second-order valence-electron chi connectivity index (χ2n) is 10.1. The Kier molecular flexibility index (Phi) is 14.0. The number of Topliss-reactive ketones (excluding diaryl/α,β-unsaturated/α-hetero) is 1. The van der Waals surface area contributed by atoms with Gasteiger partial charge in [-0.1, -0.05) is 54.6 Å². The van der Waals surface area contributed by atoms with Crippen LogP contribution < -0.4 is 9.47 Å². The Morgan fingerprint density at radius 2 is 1.14 bits per heavy atom. The Bertz CT molecular complexity index is 1220. The van der Waals surface area contributed by atoms with E-state index in [0.717, 1.165) is 34.6 Å². The Balaban J connectivity index is 1.63. The van der Waals surface area contributed by atoms with Crippen LogP contribution in [0.5, 0.6) is 11.5 Å². The first-order valence-corrected chi connectivity index (χ1v) is 16.6. The van der Waals surface area contributed by atoms with E-state index in [0.29, 0.717) is 18.9 Å². The Morgan fingerprint density at radius 1 is 0.614 bits per heavy atom. The van der Waals surface area contributed by atoms with Crippen LogP contribution in [0.1, 0.15) is 48.8 Å². The van der Waals surface area contributed by atoms with Crippen LogP contribution in [0, 0.1) is 0 Å². The lowest BCUT2D eigenvalue weighted by atomic mass is 9.80. The molecule has 0 unspecified atom stereocenters. The minimum absolute atomic E-state index is 0.0137. The van der Waals surface area contributed by atoms with Crippen LogP contribution in [0.2, 0.25) is 6.04 Å². The molecule has 0 aliphatic rings. The molecular formula is C34H44O9Si. The SMILES string of the molecule is COc1ccc(C(OCCOC(=O)CCC(=O)CCCC[Si](OC)(OC)OC)(c2ccccc2)c2ccc(OC)cc2)cc1. The normalized spacial score (nSPS) is 11.7. The molecule has 0 aromatic heterocycles. The molecule has 238 valence electrons. The fraction of sp³-hybridized carbons (Fsp3) is 0.412. The summed E-state index contributed by atoms with van der Waals surface area (Å²) in [5, 5.41) is 0. The van der Waals surface area contributed by atoms with E-state index in [1.807, 2.05) is 78.9 Å². The zero-order valence-electron chi connectivity index (χ0n) is 26.3. The number of hydrogen-bond acceptors (Lipinski definition) is 9. The first kappa shape index (κ1) is 34.9. The number of esters is 1. The average molecular weight is 625 g/mol. The van der Waals surface area contributed by atoms with Crippen molar-refractivity contribution < 1.29 is 41.8 Å². The van der Waals surface area contributed by atoms with Gasteiger partial charge in [-0.05, 0) is 53.8 Å². The standard InChI is InChI=1S/C34H44O9Si/c1-37-31-19-14-28(15-20-31)34(27-11-7-6-8-12-27,29-16-21-32(38-2)22-17-29)43-25-24-42-33(36)23-18-30(35)13-9-10-26-44(39-3,40-4)41-5/h6-8,11-12,14-17,19-22H,9-10,13,18,23-26H2,1-5H3. The van der Waals surface area contributed by atoms with E-state index in [1.165, 1.54) is 0 Å². The zero-order valence-corrected chi connectivity index (χ0v) is 27.3. The van der Waals surface area contributed by atoms with Gasteiger partial charge < -0.3 is 32.2 Å². The monoisotopic (exact) mass is 624 g/mol. The summed E-state index contributed by atoms with van der Waals surface area (Å²) in [7, 11) is 5.32. The van der Waals surface area contributed by atoms with E-state index in [9.17, 15) is 9.59 Å². The molecule has 0 fully saturated rings. The van der Waals surface area contributed by atoms with Crippen LogP contribution in [0.3, 0.4) is 0 Å². The highest BCUT2D eigenvalue weighted by Crippen LogP contribution is 2.41. The van der Waals surface area contributed by atoms with Crippen molar-refractivity contribution in [1.29, 1.82) is 0 Å². The van der Waals surface area contributed by atoms with Gasteiger partial charge in [0.1, 0.15) is 29.5 Å². The first-order valence-electron chi connectivity index (χ1n) is 14.7. The van der Waals surface area contributed by atoms with Crippen LogP contribution in [0.15, 0.2) is 78.9 Å². The molecule has 3 rings (SSSR count). The lowest BCUT2D eigenvalue weighted by Gasteiger charge is -2.36. The summed E-state index contributed by atoms with van der Waals surface area (Å²) in [5.41, 5.74) is 1.67. The van der Waals surface area contributed by atoms with Crippen molar-refractivity contribution in [1.82, 2.24) is 0 Å². The Morgan fingerprint density at radius 3 is 1.64 bits per heavy atom. The summed E-state index contributed by atoms with van der Waals surface area (Å²) in [5.74, 6) is 1.03. The van der Waals surface area contributed by atoms with Gasteiger partial charge in [-0.25, -0.2) is 0 Å². The van der Waals surface area contributed by atoms with Gasteiger partial charge in [-0.2, -0.15) is 0 Å². The maximum atomic E-state index is 12.5. The zero-order chi connectivity index (χ0) is 31.8. The number of rotatable bonds is 20. The van der Waals surface area contributed by atoms with Crippen LogP contribution in [0.25, 0.3) is 0 Å². The highest BCUT2D eigenvalue weighted by molar-refractivity contribution is 6.60. The average Bonchev–Trinajstić information content (AvgIpc) is 3.08. The van der Waals surface area contributed by atoms with E-state index in [-0.39, 0.29) is 31.8 Å². The first-order chi connectivity index (χ1) is 21.4. The minimum atomic E-state index is -2.64. The topological polar surface area (TPSA) is 98.8 Å². The van der Waals surface area contributed by atoms with Crippen LogP contribution in [-0.2, 0) is 37.9 Å². The number of ketones is 1. The van der Waals surface area contributed by atoms with Crippen LogP contribution >= 0.6 is 0 Å². The van der Waals surface area contributed by atoms with Crippen molar-refractivity contribution in [3.05, 3.63) is 95.6 Å². The molecule has 0 saturated carbocycles. The van der Waals surface area contributed by atoms with Gasteiger partial charge in [0, 0.05) is 40.2 Å². The van der Waals surface area contributed by atoms with E-state index in [4.69, 9.17) is 32.2 Å². The quantitative estimate of drug-likeness (QED) is 0.0653. The van der Waals surface area contributed by atoms with E-state index in [2.05, 4.69) is 0 Å². The molecular weight excluding hydrogens is 580 g/mol. The van der Waals surface area contributed by atoms with Crippen molar-refractivity contribution in [3.63, 3.8) is 0 Å². The number of ether oxygens (including phenoxy) is 4.